The van der Waals surface area contributed by atoms with E-state index in [-0.39, 0.29) is 12.5 Å². The van der Waals surface area contributed by atoms with Crippen LogP contribution < -0.4 is 10.7 Å². The van der Waals surface area contributed by atoms with Crippen LogP contribution in [0, 0.1) is 0 Å². The van der Waals surface area contributed by atoms with E-state index >= 15 is 0 Å². The molecule has 0 bridgehead atoms. The molecule has 0 unspecified atom stereocenters. The predicted molar refractivity (Wildman–Crippen MR) is 96.3 cm³/mol. The van der Waals surface area contributed by atoms with E-state index in [1.54, 1.807) is 30.3 Å². The van der Waals surface area contributed by atoms with E-state index in [4.69, 9.17) is 4.42 Å². The summed E-state index contributed by atoms with van der Waals surface area (Å²) in [6.45, 7) is -0.191. The van der Waals surface area contributed by atoms with Crippen molar-refractivity contribution in [3.05, 3.63) is 55.3 Å². The fourth-order valence-corrected chi connectivity index (χ4v) is 2.61. The molecule has 0 atom stereocenters. The monoisotopic (exact) mass is 505 g/mol. The highest BCUT2D eigenvalue weighted by Crippen LogP contribution is 2.25. The van der Waals surface area contributed by atoms with Crippen LogP contribution in [0.5, 0.6) is 0 Å². The van der Waals surface area contributed by atoms with Gasteiger partial charge < -0.3 is 9.73 Å². The molecule has 0 saturated carbocycles. The molecule has 0 saturated heterocycles. The van der Waals surface area contributed by atoms with Gasteiger partial charge in [-0.05, 0) is 59.9 Å². The summed E-state index contributed by atoms with van der Waals surface area (Å²) in [5, 5.41) is 6.25. The van der Waals surface area contributed by atoms with Gasteiger partial charge in [-0.3, -0.25) is 9.59 Å². The lowest BCUT2D eigenvalue weighted by atomic mass is 10.2. The molecule has 2 amide bonds. The highest BCUT2D eigenvalue weighted by Gasteiger charge is 2.10. The normalized spacial score (nSPS) is 10.7. The minimum atomic E-state index is -0.452. The first-order valence-corrected chi connectivity index (χ1v) is 8.64. The summed E-state index contributed by atoms with van der Waals surface area (Å²) >= 11 is 9.73. The second-order valence-corrected chi connectivity index (χ2v) is 6.66. The van der Waals surface area contributed by atoms with Crippen molar-refractivity contribution in [2.75, 3.05) is 6.54 Å². The van der Waals surface area contributed by atoms with Crippen LogP contribution in [0.15, 0.2) is 53.5 Å². The molecule has 0 aliphatic carbocycles. The third-order valence-electron chi connectivity index (χ3n) is 2.57. The van der Waals surface area contributed by atoms with Gasteiger partial charge in [-0.15, -0.1) is 0 Å². The molecule has 0 radical (unpaired) electrons. The van der Waals surface area contributed by atoms with Gasteiger partial charge in [0.05, 0.1) is 22.8 Å². The molecule has 0 fully saturated rings. The van der Waals surface area contributed by atoms with E-state index in [1.165, 1.54) is 6.21 Å². The Kier molecular flexibility index (Phi) is 6.55. The van der Waals surface area contributed by atoms with Gasteiger partial charge in [-0.1, -0.05) is 12.1 Å². The van der Waals surface area contributed by atoms with E-state index in [9.17, 15) is 9.59 Å². The van der Waals surface area contributed by atoms with Crippen LogP contribution in [0.3, 0.4) is 0 Å². The highest BCUT2D eigenvalue weighted by atomic mass is 79.9. The molecule has 6 nitrogen and oxygen atoms in total. The van der Waals surface area contributed by atoms with Crippen molar-refractivity contribution < 1.29 is 14.0 Å². The first-order valence-electron chi connectivity index (χ1n) is 6.27. The summed E-state index contributed by atoms with van der Waals surface area (Å²) in [7, 11) is 0. The topological polar surface area (TPSA) is 83.7 Å². The maximum atomic E-state index is 11.9. The quantitative estimate of drug-likeness (QED) is 0.480. The van der Waals surface area contributed by atoms with E-state index in [0.29, 0.717) is 20.5 Å². The molecule has 23 heavy (non-hydrogen) atoms. The average Bonchev–Trinajstić information content (AvgIpc) is 2.83. The Morgan fingerprint density at radius 1 is 1.17 bits per heavy atom. The molecular formula is C14H10Br3N3O3. The number of halogens is 3. The maximum absolute atomic E-state index is 11.9. The van der Waals surface area contributed by atoms with Gasteiger partial charge in [0, 0.05) is 10.5 Å². The molecule has 2 N–H and O–H groups in total. The van der Waals surface area contributed by atoms with Crippen LogP contribution >= 0.6 is 47.8 Å². The van der Waals surface area contributed by atoms with Gasteiger partial charge in [0.15, 0.2) is 4.67 Å². The largest absolute Gasteiger partial charge is 0.447 e. The Morgan fingerprint density at radius 3 is 2.57 bits per heavy atom. The van der Waals surface area contributed by atoms with Crippen molar-refractivity contribution in [3.63, 3.8) is 0 Å². The zero-order valence-electron chi connectivity index (χ0n) is 11.5. The lowest BCUT2D eigenvalue weighted by Crippen LogP contribution is -2.35. The number of rotatable bonds is 5. The summed E-state index contributed by atoms with van der Waals surface area (Å²) in [6.07, 6.45) is 1.35. The third-order valence-corrected chi connectivity index (χ3v) is 4.97. The van der Waals surface area contributed by atoms with E-state index in [0.717, 1.165) is 4.47 Å². The molecule has 2 rings (SSSR count). The molecule has 1 aromatic heterocycles. The Hall–Kier alpha value is -1.45. The SMILES string of the molecule is O=C(CNC(=O)c1ccccc1Br)N/N=C\c1cc(Br)c(Br)o1. The molecule has 0 aliphatic heterocycles. The zero-order valence-corrected chi connectivity index (χ0v) is 16.2. The number of nitrogens with zero attached hydrogens (tertiary/aromatic N) is 1. The van der Waals surface area contributed by atoms with Crippen molar-refractivity contribution in [2.24, 2.45) is 5.10 Å². The van der Waals surface area contributed by atoms with E-state index in [2.05, 4.69) is 63.6 Å². The van der Waals surface area contributed by atoms with Gasteiger partial charge in [0.1, 0.15) is 5.76 Å². The fraction of sp³-hybridized carbons (Fsp3) is 0.0714. The molecule has 1 aromatic carbocycles. The first kappa shape index (κ1) is 17.9. The van der Waals surface area contributed by atoms with E-state index in [1.807, 2.05) is 0 Å². The molecule has 0 aliphatic rings. The predicted octanol–water partition coefficient (Wildman–Crippen LogP) is 3.45. The lowest BCUT2D eigenvalue weighted by Gasteiger charge is -2.05. The Balaban J connectivity index is 1.81. The number of furan rings is 1. The van der Waals surface area contributed by atoms with Crippen molar-refractivity contribution in [1.82, 2.24) is 10.7 Å². The smallest absolute Gasteiger partial charge is 0.259 e. The van der Waals surface area contributed by atoms with Crippen LogP contribution in [0.1, 0.15) is 16.1 Å². The Morgan fingerprint density at radius 2 is 1.91 bits per heavy atom. The average molecular weight is 508 g/mol. The van der Waals surface area contributed by atoms with Crippen molar-refractivity contribution >= 4 is 65.8 Å². The third kappa shape index (κ3) is 5.29. The number of hydrazone groups is 1. The summed E-state index contributed by atoms with van der Waals surface area (Å²) in [6, 6.07) is 8.63. The first-order chi connectivity index (χ1) is 11.0. The highest BCUT2D eigenvalue weighted by molar-refractivity contribution is 9.13. The molecule has 120 valence electrons. The second-order valence-electron chi connectivity index (χ2n) is 4.23. The lowest BCUT2D eigenvalue weighted by molar-refractivity contribution is -0.120. The summed E-state index contributed by atoms with van der Waals surface area (Å²) in [5.74, 6) is -0.344. The van der Waals surface area contributed by atoms with Crippen molar-refractivity contribution in [3.8, 4) is 0 Å². The molecule has 0 spiro atoms. The Labute approximate surface area is 157 Å². The van der Waals surface area contributed by atoms with Gasteiger partial charge in [-0.2, -0.15) is 5.10 Å². The number of nitrogens with one attached hydrogen (secondary N) is 2. The minimum absolute atomic E-state index is 0.191. The molecule has 1 heterocycles. The minimum Gasteiger partial charge on any atom is -0.447 e. The number of amides is 2. The number of benzene rings is 1. The van der Waals surface area contributed by atoms with Gasteiger partial charge in [-0.25, -0.2) is 5.43 Å². The van der Waals surface area contributed by atoms with Crippen molar-refractivity contribution in [2.45, 2.75) is 0 Å². The number of carbonyl (C=O) groups is 2. The van der Waals surface area contributed by atoms with Gasteiger partial charge in [0.25, 0.3) is 11.8 Å². The number of hydrogen-bond acceptors (Lipinski definition) is 4. The number of carbonyl (C=O) groups excluding carboxylic acids is 2. The van der Waals surface area contributed by atoms with Crippen LogP contribution in [0.4, 0.5) is 0 Å². The molecular weight excluding hydrogens is 498 g/mol. The second kappa shape index (κ2) is 8.42. The fourth-order valence-electron chi connectivity index (χ4n) is 1.54. The van der Waals surface area contributed by atoms with E-state index < -0.39 is 5.91 Å². The maximum Gasteiger partial charge on any atom is 0.259 e. The Bertz CT molecular complexity index is 739. The summed E-state index contributed by atoms with van der Waals surface area (Å²) in [4.78, 5) is 23.5. The van der Waals surface area contributed by atoms with Crippen LogP contribution in [0.2, 0.25) is 0 Å². The van der Waals surface area contributed by atoms with Gasteiger partial charge in [0.2, 0.25) is 0 Å². The number of hydrogen-bond donors (Lipinski definition) is 2. The van der Waals surface area contributed by atoms with Gasteiger partial charge >= 0.3 is 0 Å². The molecule has 9 heteroatoms. The zero-order chi connectivity index (χ0) is 16.8. The van der Waals surface area contributed by atoms with Crippen LogP contribution in [-0.4, -0.2) is 24.6 Å². The van der Waals surface area contributed by atoms with Crippen LogP contribution in [0.25, 0.3) is 0 Å². The molecule has 2 aromatic rings. The van der Waals surface area contributed by atoms with Crippen LogP contribution in [-0.2, 0) is 4.79 Å². The summed E-state index contributed by atoms with van der Waals surface area (Å²) in [5.41, 5.74) is 2.75. The van der Waals surface area contributed by atoms with Crippen molar-refractivity contribution in [1.29, 1.82) is 0 Å². The standard InChI is InChI=1S/C14H10Br3N3O3/c15-10-4-2-1-3-9(10)14(22)18-7-12(21)20-19-6-8-5-11(16)13(17)23-8/h1-6H,7H2,(H,18,22)(H,20,21)/b19-6-. The summed E-state index contributed by atoms with van der Waals surface area (Å²) < 4.78 is 7.19.